The van der Waals surface area contributed by atoms with Crippen molar-refractivity contribution in [3.8, 4) is 22.5 Å². The Morgan fingerprint density at radius 1 is 0.973 bits per heavy atom. The van der Waals surface area contributed by atoms with E-state index < -0.39 is 26.9 Å². The van der Waals surface area contributed by atoms with Gasteiger partial charge in [-0.2, -0.15) is 0 Å². The maximum Gasteiger partial charge on any atom is 0.251 e. The Kier molecular flexibility index (Phi) is 7.74. The summed E-state index contributed by atoms with van der Waals surface area (Å²) < 4.78 is 24.8. The molecule has 0 unspecified atom stereocenters. The summed E-state index contributed by atoms with van der Waals surface area (Å²) in [5, 5.41) is 6.81. The maximum atomic E-state index is 12.5. The highest BCUT2D eigenvalue weighted by Gasteiger charge is 2.20. The van der Waals surface area contributed by atoms with E-state index in [1.54, 1.807) is 13.8 Å². The highest BCUT2D eigenvalue weighted by atomic mass is 32.2. The molecule has 4 rings (SSSR count). The quantitative estimate of drug-likeness (QED) is 0.347. The first-order valence-corrected chi connectivity index (χ1v) is 13.8. The molecule has 0 aliphatic heterocycles. The molecular weight excluding hydrogens is 510 g/mol. The van der Waals surface area contributed by atoms with Gasteiger partial charge in [-0.05, 0) is 51.1 Å². The molecule has 2 heterocycles. The summed E-state index contributed by atoms with van der Waals surface area (Å²) in [4.78, 5) is 37.9. The fourth-order valence-electron chi connectivity index (χ4n) is 3.43. The molecule has 2 amide bonds. The van der Waals surface area contributed by atoms with Crippen molar-refractivity contribution in [2.24, 2.45) is 0 Å². The lowest BCUT2D eigenvalue weighted by atomic mass is 10.1. The van der Waals surface area contributed by atoms with Gasteiger partial charge in [-0.3, -0.25) is 9.59 Å². The minimum atomic E-state index is -3.52. The first kappa shape index (κ1) is 26.1. The van der Waals surface area contributed by atoms with E-state index in [2.05, 4.69) is 25.6 Å². The SMILES string of the molecule is Cc1cc(-c2cccc(-c3csc(NC(=O)CNC(=O)c4cccc(S(=O)(=O)C(C)C)c4)n3)c2)ncn1. The van der Waals surface area contributed by atoms with Crippen molar-refractivity contribution in [3.63, 3.8) is 0 Å². The van der Waals surface area contributed by atoms with Gasteiger partial charge in [0, 0.05) is 27.8 Å². The van der Waals surface area contributed by atoms with E-state index in [-0.39, 0.29) is 17.0 Å². The number of thiazole rings is 1. The third-order valence-corrected chi connectivity index (χ3v) is 8.37. The molecule has 0 spiro atoms. The van der Waals surface area contributed by atoms with Gasteiger partial charge in [-0.1, -0.05) is 24.3 Å². The van der Waals surface area contributed by atoms with E-state index >= 15 is 0 Å². The molecule has 0 aliphatic carbocycles. The van der Waals surface area contributed by atoms with Crippen molar-refractivity contribution >= 4 is 38.1 Å². The normalized spacial score (nSPS) is 11.4. The van der Waals surface area contributed by atoms with Crippen molar-refractivity contribution in [2.75, 3.05) is 11.9 Å². The predicted octanol–water partition coefficient (Wildman–Crippen LogP) is 4.13. The second-order valence-corrected chi connectivity index (χ2v) is 11.9. The average Bonchev–Trinajstić information content (AvgIpc) is 3.35. The first-order chi connectivity index (χ1) is 17.6. The van der Waals surface area contributed by atoms with Gasteiger partial charge in [-0.25, -0.2) is 23.4 Å². The van der Waals surface area contributed by atoms with Crippen LogP contribution < -0.4 is 10.6 Å². The van der Waals surface area contributed by atoms with Gasteiger partial charge in [0.25, 0.3) is 5.91 Å². The number of rotatable bonds is 8. The lowest BCUT2D eigenvalue weighted by molar-refractivity contribution is -0.115. The molecule has 0 aliphatic rings. The molecule has 37 heavy (non-hydrogen) atoms. The number of anilines is 1. The van der Waals surface area contributed by atoms with E-state index in [1.165, 1.54) is 41.9 Å². The molecule has 190 valence electrons. The fourth-order valence-corrected chi connectivity index (χ4v) is 5.27. The first-order valence-electron chi connectivity index (χ1n) is 11.4. The molecular formula is C26H25N5O4S2. The molecule has 0 radical (unpaired) electrons. The average molecular weight is 536 g/mol. The Bertz CT molecular complexity index is 1560. The van der Waals surface area contributed by atoms with Gasteiger partial charge in [0.2, 0.25) is 5.91 Å². The molecule has 0 saturated carbocycles. The molecule has 0 fully saturated rings. The van der Waals surface area contributed by atoms with E-state index in [0.717, 1.165) is 22.5 Å². The number of benzene rings is 2. The summed E-state index contributed by atoms with van der Waals surface area (Å²) in [7, 11) is -3.52. The van der Waals surface area contributed by atoms with Crippen molar-refractivity contribution in [2.45, 2.75) is 30.9 Å². The lowest BCUT2D eigenvalue weighted by Crippen LogP contribution is -2.33. The van der Waals surface area contributed by atoms with Gasteiger partial charge >= 0.3 is 0 Å². The number of aryl methyl sites for hydroxylation is 1. The van der Waals surface area contributed by atoms with Crippen molar-refractivity contribution in [3.05, 3.63) is 77.6 Å². The number of carbonyl (C=O) groups excluding carboxylic acids is 2. The number of hydrogen-bond donors (Lipinski definition) is 2. The number of aromatic nitrogens is 3. The summed E-state index contributed by atoms with van der Waals surface area (Å²) in [5.74, 6) is -1.00. The van der Waals surface area contributed by atoms with Gasteiger partial charge in [0.05, 0.1) is 28.1 Å². The molecule has 9 nitrogen and oxygen atoms in total. The van der Waals surface area contributed by atoms with E-state index in [9.17, 15) is 18.0 Å². The second kappa shape index (κ2) is 11.0. The smallest absolute Gasteiger partial charge is 0.251 e. The van der Waals surface area contributed by atoms with Gasteiger partial charge in [0.1, 0.15) is 6.33 Å². The summed E-state index contributed by atoms with van der Waals surface area (Å²) in [6, 6.07) is 15.4. The van der Waals surface area contributed by atoms with Crippen molar-refractivity contribution in [1.82, 2.24) is 20.3 Å². The van der Waals surface area contributed by atoms with Crippen LogP contribution in [0.15, 0.2) is 71.2 Å². The number of nitrogens with zero attached hydrogens (tertiary/aromatic N) is 3. The van der Waals surface area contributed by atoms with Crippen LogP contribution in [0.3, 0.4) is 0 Å². The Labute approximate surface area is 219 Å². The summed E-state index contributed by atoms with van der Waals surface area (Å²) in [6.07, 6.45) is 1.52. The minimum absolute atomic E-state index is 0.0637. The van der Waals surface area contributed by atoms with Crippen LogP contribution in [0.1, 0.15) is 29.9 Å². The number of hydrogen-bond acceptors (Lipinski definition) is 8. The molecule has 2 aromatic heterocycles. The van der Waals surface area contributed by atoms with Gasteiger partial charge < -0.3 is 10.6 Å². The molecule has 2 aromatic carbocycles. The Hall–Kier alpha value is -3.96. The fraction of sp³-hybridized carbons (Fsp3) is 0.192. The summed E-state index contributed by atoms with van der Waals surface area (Å²) in [6.45, 7) is 4.76. The van der Waals surface area contributed by atoms with Crippen LogP contribution in [0.4, 0.5) is 5.13 Å². The third kappa shape index (κ3) is 6.25. The Morgan fingerprint density at radius 2 is 1.70 bits per heavy atom. The van der Waals surface area contributed by atoms with E-state index in [1.807, 2.05) is 42.6 Å². The minimum Gasteiger partial charge on any atom is -0.343 e. The van der Waals surface area contributed by atoms with Crippen LogP contribution in [0.2, 0.25) is 0 Å². The molecule has 11 heteroatoms. The highest BCUT2D eigenvalue weighted by molar-refractivity contribution is 7.92. The standard InChI is InChI=1S/C26H25N5O4S2/c1-16(2)37(34,35)21-9-5-8-20(12-21)25(33)27-13-24(32)31-26-30-23(14-36-26)19-7-4-6-18(11-19)22-10-17(3)28-15-29-22/h4-12,14-16H,13H2,1-3H3,(H,27,33)(H,30,31,32). The number of amides is 2. The third-order valence-electron chi connectivity index (χ3n) is 5.46. The van der Waals surface area contributed by atoms with Crippen LogP contribution in [-0.2, 0) is 14.6 Å². The topological polar surface area (TPSA) is 131 Å². The highest BCUT2D eigenvalue weighted by Crippen LogP contribution is 2.28. The van der Waals surface area contributed by atoms with E-state index in [0.29, 0.717) is 10.8 Å². The maximum absolute atomic E-state index is 12.5. The number of nitrogens with one attached hydrogen (secondary N) is 2. The number of carbonyl (C=O) groups is 2. The Morgan fingerprint density at radius 3 is 2.43 bits per heavy atom. The lowest BCUT2D eigenvalue weighted by Gasteiger charge is -2.10. The van der Waals surface area contributed by atoms with Gasteiger partial charge in [-0.15, -0.1) is 11.3 Å². The van der Waals surface area contributed by atoms with Crippen molar-refractivity contribution < 1.29 is 18.0 Å². The Balaban J connectivity index is 1.38. The molecule has 4 aromatic rings. The zero-order chi connectivity index (χ0) is 26.6. The molecule has 2 N–H and O–H groups in total. The van der Waals surface area contributed by atoms with Gasteiger partial charge in [0.15, 0.2) is 15.0 Å². The zero-order valence-corrected chi connectivity index (χ0v) is 22.1. The molecule has 0 saturated heterocycles. The molecule has 0 bridgehead atoms. The van der Waals surface area contributed by atoms with Crippen LogP contribution in [0, 0.1) is 6.92 Å². The predicted molar refractivity (Wildman–Crippen MR) is 143 cm³/mol. The van der Waals surface area contributed by atoms with Crippen molar-refractivity contribution in [1.29, 1.82) is 0 Å². The molecule has 0 atom stereocenters. The van der Waals surface area contributed by atoms with Crippen LogP contribution in [0.5, 0.6) is 0 Å². The zero-order valence-electron chi connectivity index (χ0n) is 20.4. The summed E-state index contributed by atoms with van der Waals surface area (Å²) >= 11 is 1.27. The number of sulfone groups is 1. The van der Waals surface area contributed by atoms with E-state index in [4.69, 9.17) is 0 Å². The van der Waals surface area contributed by atoms with Crippen LogP contribution in [-0.4, -0.2) is 47.0 Å². The van der Waals surface area contributed by atoms with Crippen LogP contribution >= 0.6 is 11.3 Å². The summed E-state index contributed by atoms with van der Waals surface area (Å²) in [5.41, 5.74) is 4.32. The largest absolute Gasteiger partial charge is 0.343 e. The second-order valence-electron chi connectivity index (χ2n) is 8.52. The monoisotopic (exact) mass is 535 g/mol. The van der Waals surface area contributed by atoms with Crippen LogP contribution in [0.25, 0.3) is 22.5 Å².